The van der Waals surface area contributed by atoms with Crippen LogP contribution in [0.2, 0.25) is 0 Å². The van der Waals surface area contributed by atoms with Gasteiger partial charge in [0.05, 0.1) is 6.10 Å². The van der Waals surface area contributed by atoms with Gasteiger partial charge in [-0.25, -0.2) is 0 Å². The minimum absolute atomic E-state index is 0.0107. The van der Waals surface area contributed by atoms with E-state index in [9.17, 15) is 9.59 Å². The summed E-state index contributed by atoms with van der Waals surface area (Å²) >= 11 is 0. The van der Waals surface area contributed by atoms with E-state index in [4.69, 9.17) is 9.47 Å². The van der Waals surface area contributed by atoms with Crippen molar-refractivity contribution in [2.75, 3.05) is 6.61 Å². The number of carbonyl (C=O) groups is 2. The van der Waals surface area contributed by atoms with Gasteiger partial charge in [-0.3, -0.25) is 20.4 Å². The summed E-state index contributed by atoms with van der Waals surface area (Å²) in [4.78, 5) is 23.9. The molecule has 0 fully saturated rings. The summed E-state index contributed by atoms with van der Waals surface area (Å²) in [6.45, 7) is 5.68. The summed E-state index contributed by atoms with van der Waals surface area (Å²) in [6, 6.07) is 14.3. The summed E-state index contributed by atoms with van der Waals surface area (Å²) < 4.78 is 10.9. The van der Waals surface area contributed by atoms with E-state index in [0.29, 0.717) is 17.1 Å². The van der Waals surface area contributed by atoms with Crippen molar-refractivity contribution in [2.24, 2.45) is 0 Å². The van der Waals surface area contributed by atoms with Crippen molar-refractivity contribution >= 4 is 11.8 Å². The summed E-state index contributed by atoms with van der Waals surface area (Å²) in [5.41, 5.74) is 6.27. The molecule has 0 aromatic heterocycles. The maximum atomic E-state index is 12.1. The van der Waals surface area contributed by atoms with Gasteiger partial charge in [-0.1, -0.05) is 25.1 Å². The van der Waals surface area contributed by atoms with E-state index >= 15 is 0 Å². The minimum Gasteiger partial charge on any atom is -0.491 e. The smallest absolute Gasteiger partial charge is 0.276 e. The van der Waals surface area contributed by atoms with Gasteiger partial charge in [0.15, 0.2) is 6.61 Å². The first-order chi connectivity index (χ1) is 12.5. The van der Waals surface area contributed by atoms with Crippen molar-refractivity contribution in [3.05, 3.63) is 59.7 Å². The highest BCUT2D eigenvalue weighted by atomic mass is 16.5. The first kappa shape index (κ1) is 19.3. The molecule has 0 heterocycles. The van der Waals surface area contributed by atoms with E-state index in [2.05, 4.69) is 17.8 Å². The molecule has 0 saturated carbocycles. The number of benzene rings is 2. The molecule has 138 valence electrons. The average Bonchev–Trinajstić information content (AvgIpc) is 2.64. The van der Waals surface area contributed by atoms with Gasteiger partial charge in [0.2, 0.25) is 0 Å². The van der Waals surface area contributed by atoms with Gasteiger partial charge in [-0.2, -0.15) is 0 Å². The maximum Gasteiger partial charge on any atom is 0.276 e. The zero-order chi connectivity index (χ0) is 18.9. The van der Waals surface area contributed by atoms with E-state index in [0.717, 1.165) is 6.42 Å². The first-order valence-electron chi connectivity index (χ1n) is 8.55. The van der Waals surface area contributed by atoms with Gasteiger partial charge < -0.3 is 9.47 Å². The zero-order valence-electron chi connectivity index (χ0n) is 15.2. The lowest BCUT2D eigenvalue weighted by molar-refractivity contribution is -0.123. The molecule has 2 N–H and O–H groups in total. The number of amides is 2. The van der Waals surface area contributed by atoms with Gasteiger partial charge in [-0.05, 0) is 56.2 Å². The lowest BCUT2D eigenvalue weighted by atomic mass is 10.2. The van der Waals surface area contributed by atoms with Gasteiger partial charge in [0.25, 0.3) is 11.8 Å². The molecule has 0 unspecified atom stereocenters. The average molecular weight is 356 g/mol. The molecule has 26 heavy (non-hydrogen) atoms. The Morgan fingerprint density at radius 1 is 1.00 bits per heavy atom. The highest BCUT2D eigenvalue weighted by Gasteiger charge is 2.09. The number of aryl methyl sites for hydroxylation is 1. The molecule has 0 aliphatic heterocycles. The van der Waals surface area contributed by atoms with Gasteiger partial charge in [0.1, 0.15) is 11.5 Å². The molecule has 0 atom stereocenters. The second-order valence-corrected chi connectivity index (χ2v) is 5.98. The molecule has 0 saturated heterocycles. The lowest BCUT2D eigenvalue weighted by Gasteiger charge is -2.12. The number of hydrogen-bond acceptors (Lipinski definition) is 4. The van der Waals surface area contributed by atoms with Gasteiger partial charge >= 0.3 is 0 Å². The summed E-state index contributed by atoms with van der Waals surface area (Å²) in [7, 11) is 0. The van der Waals surface area contributed by atoms with Crippen LogP contribution in [-0.4, -0.2) is 24.5 Å². The topological polar surface area (TPSA) is 76.7 Å². The van der Waals surface area contributed by atoms with Crippen molar-refractivity contribution < 1.29 is 19.1 Å². The van der Waals surface area contributed by atoms with Crippen molar-refractivity contribution in [3.63, 3.8) is 0 Å². The van der Waals surface area contributed by atoms with Crippen LogP contribution in [0, 0.1) is 0 Å². The predicted octanol–water partition coefficient (Wildman–Crippen LogP) is 2.88. The second-order valence-electron chi connectivity index (χ2n) is 5.98. The summed E-state index contributed by atoms with van der Waals surface area (Å²) in [5.74, 6) is 0.312. The Kier molecular flexibility index (Phi) is 7.02. The van der Waals surface area contributed by atoms with E-state index < -0.39 is 11.8 Å². The van der Waals surface area contributed by atoms with Crippen LogP contribution < -0.4 is 20.3 Å². The van der Waals surface area contributed by atoms with E-state index in [1.165, 1.54) is 5.56 Å². The monoisotopic (exact) mass is 356 g/mol. The standard InChI is InChI=1S/C20H24N2O4/c1-4-15-8-10-17(11-9-15)25-13-19(23)21-22-20(24)16-6-5-7-18(12-16)26-14(2)3/h5-12,14H,4,13H2,1-3H3,(H,21,23)(H,22,24). The van der Waals surface area contributed by atoms with Crippen LogP contribution >= 0.6 is 0 Å². The molecule has 2 aromatic carbocycles. The van der Waals surface area contributed by atoms with Crippen molar-refractivity contribution in [1.82, 2.24) is 10.9 Å². The molecular formula is C20H24N2O4. The summed E-state index contributed by atoms with van der Waals surface area (Å²) in [6.07, 6.45) is 0.951. The van der Waals surface area contributed by atoms with Crippen LogP contribution in [0.5, 0.6) is 11.5 Å². The normalized spacial score (nSPS) is 10.3. The van der Waals surface area contributed by atoms with Crippen LogP contribution in [0.25, 0.3) is 0 Å². The van der Waals surface area contributed by atoms with Crippen LogP contribution in [0.15, 0.2) is 48.5 Å². The molecule has 6 nitrogen and oxygen atoms in total. The third-order valence-corrected chi connectivity index (χ3v) is 3.48. The van der Waals surface area contributed by atoms with Crippen molar-refractivity contribution in [1.29, 1.82) is 0 Å². The number of nitrogens with one attached hydrogen (secondary N) is 2. The second kappa shape index (κ2) is 9.46. The minimum atomic E-state index is -0.451. The molecule has 2 rings (SSSR count). The highest BCUT2D eigenvalue weighted by molar-refractivity contribution is 5.95. The van der Waals surface area contributed by atoms with Gasteiger partial charge in [0, 0.05) is 5.56 Å². The predicted molar refractivity (Wildman–Crippen MR) is 99.1 cm³/mol. The van der Waals surface area contributed by atoms with E-state index in [1.54, 1.807) is 24.3 Å². The Morgan fingerprint density at radius 2 is 1.73 bits per heavy atom. The molecule has 0 spiro atoms. The van der Waals surface area contributed by atoms with Gasteiger partial charge in [-0.15, -0.1) is 0 Å². The SMILES string of the molecule is CCc1ccc(OCC(=O)NNC(=O)c2cccc(OC(C)C)c2)cc1. The molecule has 2 amide bonds. The summed E-state index contributed by atoms with van der Waals surface area (Å²) in [5, 5.41) is 0. The Balaban J connectivity index is 1.80. The Bertz CT molecular complexity index is 742. The van der Waals surface area contributed by atoms with Crippen LogP contribution in [-0.2, 0) is 11.2 Å². The Labute approximate surface area is 153 Å². The number of hydrogen-bond donors (Lipinski definition) is 2. The Hall–Kier alpha value is -3.02. The molecule has 0 aliphatic carbocycles. The number of carbonyl (C=O) groups excluding carboxylic acids is 2. The number of rotatable bonds is 7. The molecule has 0 bridgehead atoms. The largest absolute Gasteiger partial charge is 0.491 e. The Morgan fingerprint density at radius 3 is 2.38 bits per heavy atom. The molecule has 2 aromatic rings. The van der Waals surface area contributed by atoms with Crippen LogP contribution in [0.1, 0.15) is 36.7 Å². The quantitative estimate of drug-likeness (QED) is 0.748. The number of ether oxygens (including phenoxy) is 2. The van der Waals surface area contributed by atoms with Crippen LogP contribution in [0.4, 0.5) is 0 Å². The van der Waals surface area contributed by atoms with E-state index in [1.807, 2.05) is 38.1 Å². The fourth-order valence-electron chi connectivity index (χ4n) is 2.19. The van der Waals surface area contributed by atoms with Crippen LogP contribution in [0.3, 0.4) is 0 Å². The first-order valence-corrected chi connectivity index (χ1v) is 8.55. The third kappa shape index (κ3) is 6.12. The molecular weight excluding hydrogens is 332 g/mol. The van der Waals surface area contributed by atoms with E-state index in [-0.39, 0.29) is 12.7 Å². The highest BCUT2D eigenvalue weighted by Crippen LogP contribution is 2.15. The van der Waals surface area contributed by atoms with Crippen molar-refractivity contribution in [3.8, 4) is 11.5 Å². The lowest BCUT2D eigenvalue weighted by Crippen LogP contribution is -2.43. The third-order valence-electron chi connectivity index (χ3n) is 3.48. The molecule has 0 radical (unpaired) electrons. The number of hydrazine groups is 1. The fraction of sp³-hybridized carbons (Fsp3) is 0.300. The molecule has 6 heteroatoms. The van der Waals surface area contributed by atoms with Crippen molar-refractivity contribution in [2.45, 2.75) is 33.3 Å². The fourth-order valence-corrected chi connectivity index (χ4v) is 2.19. The maximum absolute atomic E-state index is 12.1. The molecule has 0 aliphatic rings. The zero-order valence-corrected chi connectivity index (χ0v) is 15.2.